The summed E-state index contributed by atoms with van der Waals surface area (Å²) >= 11 is 0. The van der Waals surface area contributed by atoms with E-state index in [1.165, 1.54) is 5.57 Å². The van der Waals surface area contributed by atoms with Crippen LogP contribution in [0.3, 0.4) is 0 Å². The topological polar surface area (TPSA) is 106 Å². The molecule has 0 saturated heterocycles. The van der Waals surface area contributed by atoms with Gasteiger partial charge in [-0.15, -0.1) is 0 Å². The lowest BCUT2D eigenvalue weighted by molar-refractivity contribution is -0.156. The lowest BCUT2D eigenvalue weighted by Crippen LogP contribution is -2.57. The molecule has 4 N–H and O–H groups in total. The van der Waals surface area contributed by atoms with E-state index in [2.05, 4.69) is 27.0 Å². The second-order valence-corrected chi connectivity index (χ2v) is 10.9. The predicted molar refractivity (Wildman–Crippen MR) is 131 cm³/mol. The molecule has 2 saturated carbocycles. The summed E-state index contributed by atoms with van der Waals surface area (Å²) in [5.74, 6) is 0.892. The quantitative estimate of drug-likeness (QED) is 0.191. The molecule has 1 aliphatic heterocycles. The Morgan fingerprint density at radius 3 is 2.79 bits per heavy atom. The maximum atomic E-state index is 11.9. The number of nitrogens with two attached hydrogens (primary N) is 1. The molecule has 6 atom stereocenters. The summed E-state index contributed by atoms with van der Waals surface area (Å²) in [6.45, 7) is 15.5. The van der Waals surface area contributed by atoms with Crippen molar-refractivity contribution in [1.29, 1.82) is 5.41 Å². The van der Waals surface area contributed by atoms with Gasteiger partial charge in [-0.25, -0.2) is 4.79 Å². The number of hydrogen-bond acceptors (Lipinski definition) is 6. The highest BCUT2D eigenvalue weighted by Crippen LogP contribution is 2.62. The molecule has 184 valence electrons. The average Bonchev–Trinajstić information content (AvgIpc) is 3.17. The first-order chi connectivity index (χ1) is 15.5. The van der Waals surface area contributed by atoms with Gasteiger partial charge >= 0.3 is 5.97 Å². The summed E-state index contributed by atoms with van der Waals surface area (Å²) < 4.78 is 11.2. The maximum absolute atomic E-state index is 11.9. The van der Waals surface area contributed by atoms with Gasteiger partial charge in [0.2, 0.25) is 0 Å². The first-order valence-corrected chi connectivity index (χ1v) is 12.3. The zero-order chi connectivity index (χ0) is 24.4. The van der Waals surface area contributed by atoms with Gasteiger partial charge in [-0.2, -0.15) is 0 Å². The second-order valence-electron chi connectivity index (χ2n) is 10.9. The van der Waals surface area contributed by atoms with Gasteiger partial charge in [-0.3, -0.25) is 0 Å². The Morgan fingerprint density at radius 1 is 1.42 bits per heavy atom. The van der Waals surface area contributed by atoms with Crippen molar-refractivity contribution < 1.29 is 19.4 Å². The lowest BCUT2D eigenvalue weighted by Gasteiger charge is -2.60. The number of carbonyl (C=O) groups excluding carboxylic acids is 1. The van der Waals surface area contributed by atoms with Crippen molar-refractivity contribution in [2.24, 2.45) is 28.4 Å². The molecule has 1 heterocycles. The van der Waals surface area contributed by atoms with E-state index >= 15 is 0 Å². The standard InChI is InChI=1S/C27H42N2O4/c1-17-6-11-23-26(4,21(17)9-8-20-13-15-32-25(20)31)14-12-24(30)27(23,5)16-33-19(3)22(29)10-7-18(2)28/h13,21-24,28,30H,1,3,6-12,14-16,29H2,2,4-5H3. The Kier molecular flexibility index (Phi) is 7.90. The fourth-order valence-electron chi connectivity index (χ4n) is 6.50. The Balaban J connectivity index is 1.72. The van der Waals surface area contributed by atoms with Crippen LogP contribution in [0, 0.1) is 28.1 Å². The highest BCUT2D eigenvalue weighted by Gasteiger charge is 2.58. The molecule has 0 aromatic rings. The molecular formula is C27H42N2O4. The van der Waals surface area contributed by atoms with Crippen molar-refractivity contribution in [2.75, 3.05) is 13.2 Å². The van der Waals surface area contributed by atoms with Crippen LogP contribution in [0.4, 0.5) is 0 Å². The summed E-state index contributed by atoms with van der Waals surface area (Å²) in [7, 11) is 0. The van der Waals surface area contributed by atoms with E-state index in [0.717, 1.165) is 31.3 Å². The first kappa shape index (κ1) is 25.7. The summed E-state index contributed by atoms with van der Waals surface area (Å²) in [4.78, 5) is 11.9. The van der Waals surface area contributed by atoms with E-state index in [9.17, 15) is 9.90 Å². The molecule has 0 aromatic carbocycles. The number of cyclic esters (lactones) is 1. The summed E-state index contributed by atoms with van der Waals surface area (Å²) in [6.07, 6.45) is 7.82. The van der Waals surface area contributed by atoms with Gasteiger partial charge in [0.15, 0.2) is 0 Å². The molecule has 2 fully saturated rings. The minimum atomic E-state index is -0.456. The van der Waals surface area contributed by atoms with Crippen molar-refractivity contribution in [3.05, 3.63) is 36.1 Å². The van der Waals surface area contributed by atoms with Crippen molar-refractivity contribution >= 4 is 11.7 Å². The van der Waals surface area contributed by atoms with Gasteiger partial charge in [0.25, 0.3) is 0 Å². The number of ether oxygens (including phenoxy) is 2. The van der Waals surface area contributed by atoms with Gasteiger partial charge in [-0.05, 0) is 81.6 Å². The number of allylic oxidation sites excluding steroid dienone is 1. The van der Waals surface area contributed by atoms with E-state index in [1.807, 2.05) is 6.08 Å². The smallest absolute Gasteiger partial charge is 0.334 e. The monoisotopic (exact) mass is 458 g/mol. The van der Waals surface area contributed by atoms with Gasteiger partial charge in [-0.1, -0.05) is 32.6 Å². The van der Waals surface area contributed by atoms with E-state index in [0.29, 0.717) is 56.3 Å². The molecule has 6 heteroatoms. The second kappa shape index (κ2) is 10.1. The number of rotatable bonds is 10. The van der Waals surface area contributed by atoms with Crippen LogP contribution in [-0.2, 0) is 14.3 Å². The molecule has 6 nitrogen and oxygen atoms in total. The van der Waals surface area contributed by atoms with E-state index in [1.54, 1.807) is 6.92 Å². The number of hydrogen-bond donors (Lipinski definition) is 3. The molecule has 6 unspecified atom stereocenters. The highest BCUT2D eigenvalue weighted by molar-refractivity contribution is 5.90. The van der Waals surface area contributed by atoms with Crippen LogP contribution in [0.5, 0.6) is 0 Å². The van der Waals surface area contributed by atoms with E-state index in [4.69, 9.17) is 20.6 Å². The van der Waals surface area contributed by atoms with Crippen LogP contribution in [-0.4, -0.2) is 42.1 Å². The molecule has 3 rings (SSSR count). The number of carbonyl (C=O) groups is 1. The van der Waals surface area contributed by atoms with E-state index in [-0.39, 0.29) is 23.3 Å². The zero-order valence-corrected chi connectivity index (χ0v) is 20.6. The van der Waals surface area contributed by atoms with Crippen LogP contribution in [0.2, 0.25) is 0 Å². The molecule has 2 aliphatic carbocycles. The summed E-state index contributed by atoms with van der Waals surface area (Å²) in [6, 6.07) is -0.320. The van der Waals surface area contributed by atoms with Crippen LogP contribution >= 0.6 is 0 Å². The number of aliphatic hydroxyl groups excluding tert-OH is 1. The first-order valence-electron chi connectivity index (χ1n) is 12.3. The van der Waals surface area contributed by atoms with Gasteiger partial charge in [0.1, 0.15) is 12.4 Å². The summed E-state index contributed by atoms with van der Waals surface area (Å²) in [5.41, 5.74) is 8.43. The third-order valence-corrected chi connectivity index (χ3v) is 8.67. The Labute approximate surface area is 198 Å². The molecule has 3 aliphatic rings. The van der Waals surface area contributed by atoms with Crippen LogP contribution in [0.15, 0.2) is 36.1 Å². The highest BCUT2D eigenvalue weighted by atomic mass is 16.5. The minimum absolute atomic E-state index is 0.0174. The predicted octanol–water partition coefficient (Wildman–Crippen LogP) is 4.68. The molecule has 0 spiro atoms. The number of nitrogens with one attached hydrogen (secondary N) is 1. The third kappa shape index (κ3) is 5.27. The van der Waals surface area contributed by atoms with Gasteiger partial charge in [0.05, 0.1) is 18.8 Å². The molecule has 0 bridgehead atoms. The lowest BCUT2D eigenvalue weighted by atomic mass is 9.46. The molecule has 0 radical (unpaired) electrons. The van der Waals surface area contributed by atoms with Crippen molar-refractivity contribution in [1.82, 2.24) is 0 Å². The molecular weight excluding hydrogens is 416 g/mol. The summed E-state index contributed by atoms with van der Waals surface area (Å²) in [5, 5.41) is 18.7. The van der Waals surface area contributed by atoms with Crippen molar-refractivity contribution in [2.45, 2.75) is 84.3 Å². The van der Waals surface area contributed by atoms with Crippen LogP contribution in [0.25, 0.3) is 0 Å². The van der Waals surface area contributed by atoms with Crippen LogP contribution in [0.1, 0.15) is 72.1 Å². The van der Waals surface area contributed by atoms with Crippen LogP contribution < -0.4 is 5.73 Å². The fourth-order valence-corrected chi connectivity index (χ4v) is 6.50. The Bertz CT molecular complexity index is 834. The number of esters is 1. The fraction of sp³-hybridized carbons (Fsp3) is 0.704. The Morgan fingerprint density at radius 2 is 2.15 bits per heavy atom. The van der Waals surface area contributed by atoms with Crippen molar-refractivity contribution in [3.8, 4) is 0 Å². The Hall–Kier alpha value is -1.92. The normalized spacial score (nSPS) is 34.8. The molecule has 0 amide bonds. The SMILES string of the molecule is C=C(OCC1(C)C(O)CCC2(C)C(CCC3=CCOC3=O)C(=C)CCC12)C(N)CCC(C)=N. The minimum Gasteiger partial charge on any atom is -0.496 e. The third-order valence-electron chi connectivity index (χ3n) is 8.67. The van der Waals surface area contributed by atoms with E-state index < -0.39 is 11.5 Å². The molecule has 0 aromatic heterocycles. The molecule has 33 heavy (non-hydrogen) atoms. The largest absolute Gasteiger partial charge is 0.496 e. The van der Waals surface area contributed by atoms with Gasteiger partial charge < -0.3 is 25.7 Å². The maximum Gasteiger partial charge on any atom is 0.334 e. The van der Waals surface area contributed by atoms with Gasteiger partial charge in [0, 0.05) is 16.7 Å². The van der Waals surface area contributed by atoms with Crippen molar-refractivity contribution in [3.63, 3.8) is 0 Å². The number of aliphatic hydroxyl groups is 1. The zero-order valence-electron chi connectivity index (χ0n) is 20.6. The number of fused-ring (bicyclic) bond motifs is 1. The average molecular weight is 459 g/mol.